The molecule has 0 bridgehead atoms. The molecule has 3 aromatic rings. The van der Waals surface area contributed by atoms with Crippen LogP contribution in [0.25, 0.3) is 10.9 Å². The standard InChI is InChI=1S/C18H17FN2OS/c1-3-21-17(22)15-9-4-5-10-16(15)20-18(21)23-12(2)13-7-6-8-14(19)11-13/h4-12H,3H2,1-2H3. The van der Waals surface area contributed by atoms with Crippen molar-refractivity contribution in [3.05, 3.63) is 70.3 Å². The number of hydrogen-bond donors (Lipinski definition) is 0. The Morgan fingerprint density at radius 1 is 1.22 bits per heavy atom. The zero-order chi connectivity index (χ0) is 16.4. The molecule has 0 spiro atoms. The fourth-order valence-electron chi connectivity index (χ4n) is 2.50. The lowest BCUT2D eigenvalue weighted by atomic mass is 10.2. The van der Waals surface area contributed by atoms with Crippen LogP contribution in [-0.2, 0) is 6.54 Å². The van der Waals surface area contributed by atoms with Gasteiger partial charge >= 0.3 is 0 Å². The molecule has 0 saturated heterocycles. The number of benzene rings is 2. The van der Waals surface area contributed by atoms with E-state index in [9.17, 15) is 9.18 Å². The quantitative estimate of drug-likeness (QED) is 0.526. The van der Waals surface area contributed by atoms with Gasteiger partial charge in [-0.2, -0.15) is 0 Å². The number of hydrogen-bond acceptors (Lipinski definition) is 3. The fourth-order valence-corrected chi connectivity index (χ4v) is 3.59. The number of fused-ring (bicyclic) bond motifs is 1. The van der Waals surface area contributed by atoms with Crippen LogP contribution in [0.1, 0.15) is 24.7 Å². The van der Waals surface area contributed by atoms with E-state index in [1.165, 1.54) is 23.9 Å². The molecule has 0 saturated carbocycles. The monoisotopic (exact) mass is 328 g/mol. The van der Waals surface area contributed by atoms with Crippen molar-refractivity contribution in [2.75, 3.05) is 0 Å². The molecule has 0 fully saturated rings. The van der Waals surface area contributed by atoms with Crippen LogP contribution < -0.4 is 5.56 Å². The number of para-hydroxylation sites is 1. The number of thioether (sulfide) groups is 1. The van der Waals surface area contributed by atoms with Gasteiger partial charge < -0.3 is 0 Å². The van der Waals surface area contributed by atoms with Crippen LogP contribution in [0, 0.1) is 5.82 Å². The van der Waals surface area contributed by atoms with E-state index in [0.717, 1.165) is 5.56 Å². The average Bonchev–Trinajstić information content (AvgIpc) is 2.55. The van der Waals surface area contributed by atoms with E-state index in [-0.39, 0.29) is 16.6 Å². The molecular formula is C18H17FN2OS. The van der Waals surface area contributed by atoms with Crippen molar-refractivity contribution in [2.45, 2.75) is 30.8 Å². The maximum absolute atomic E-state index is 13.4. The Balaban J connectivity index is 2.04. The molecule has 0 aliphatic rings. The third-order valence-corrected chi connectivity index (χ3v) is 4.89. The third kappa shape index (κ3) is 3.15. The number of rotatable bonds is 4. The normalized spacial score (nSPS) is 12.5. The highest BCUT2D eigenvalue weighted by atomic mass is 32.2. The zero-order valence-electron chi connectivity index (χ0n) is 13.0. The van der Waals surface area contributed by atoms with Gasteiger partial charge in [-0.1, -0.05) is 36.0 Å². The molecule has 5 heteroatoms. The Morgan fingerprint density at radius 2 is 2.00 bits per heavy atom. The summed E-state index contributed by atoms with van der Waals surface area (Å²) in [6.07, 6.45) is 0. The van der Waals surface area contributed by atoms with Crippen molar-refractivity contribution in [1.82, 2.24) is 9.55 Å². The molecule has 1 unspecified atom stereocenters. The minimum absolute atomic E-state index is 0.00318. The summed E-state index contributed by atoms with van der Waals surface area (Å²) in [5, 5.41) is 1.28. The molecular weight excluding hydrogens is 311 g/mol. The maximum Gasteiger partial charge on any atom is 0.262 e. The molecule has 0 amide bonds. The van der Waals surface area contributed by atoms with Gasteiger partial charge in [-0.25, -0.2) is 9.37 Å². The Kier molecular flexibility index (Phi) is 4.48. The van der Waals surface area contributed by atoms with Crippen molar-refractivity contribution >= 4 is 22.7 Å². The van der Waals surface area contributed by atoms with E-state index < -0.39 is 0 Å². The lowest BCUT2D eigenvalue weighted by molar-refractivity contribution is 0.624. The highest BCUT2D eigenvalue weighted by molar-refractivity contribution is 7.99. The molecule has 1 aromatic heterocycles. The zero-order valence-corrected chi connectivity index (χ0v) is 13.8. The summed E-state index contributed by atoms with van der Waals surface area (Å²) in [4.78, 5) is 17.2. The first-order valence-electron chi connectivity index (χ1n) is 7.52. The summed E-state index contributed by atoms with van der Waals surface area (Å²) >= 11 is 1.47. The van der Waals surface area contributed by atoms with E-state index in [2.05, 4.69) is 4.98 Å². The van der Waals surface area contributed by atoms with Crippen LogP contribution in [-0.4, -0.2) is 9.55 Å². The Labute approximate surface area is 138 Å². The molecule has 23 heavy (non-hydrogen) atoms. The van der Waals surface area contributed by atoms with Crippen LogP contribution in [0.4, 0.5) is 4.39 Å². The van der Waals surface area contributed by atoms with Gasteiger partial charge in [0.1, 0.15) is 5.82 Å². The van der Waals surface area contributed by atoms with Crippen LogP contribution >= 0.6 is 11.8 Å². The van der Waals surface area contributed by atoms with Crippen molar-refractivity contribution in [3.63, 3.8) is 0 Å². The third-order valence-electron chi connectivity index (χ3n) is 3.74. The van der Waals surface area contributed by atoms with Crippen molar-refractivity contribution < 1.29 is 4.39 Å². The molecule has 0 aliphatic heterocycles. The SMILES string of the molecule is CCn1c(SC(C)c2cccc(F)c2)nc2ccccc2c1=O. The lowest BCUT2D eigenvalue weighted by Crippen LogP contribution is -2.22. The van der Waals surface area contributed by atoms with E-state index >= 15 is 0 Å². The molecule has 1 atom stereocenters. The van der Waals surface area contributed by atoms with E-state index in [1.807, 2.05) is 38.1 Å². The van der Waals surface area contributed by atoms with Gasteiger partial charge in [0, 0.05) is 11.8 Å². The van der Waals surface area contributed by atoms with E-state index in [0.29, 0.717) is 22.6 Å². The minimum atomic E-state index is -0.255. The topological polar surface area (TPSA) is 34.9 Å². The van der Waals surface area contributed by atoms with Gasteiger partial charge in [-0.3, -0.25) is 9.36 Å². The summed E-state index contributed by atoms with van der Waals surface area (Å²) < 4.78 is 15.1. The van der Waals surface area contributed by atoms with Crippen LogP contribution in [0.15, 0.2) is 58.5 Å². The first kappa shape index (κ1) is 15.7. The lowest BCUT2D eigenvalue weighted by Gasteiger charge is -2.15. The van der Waals surface area contributed by atoms with Gasteiger partial charge in [-0.15, -0.1) is 0 Å². The highest BCUT2D eigenvalue weighted by Crippen LogP contribution is 2.33. The molecule has 1 heterocycles. The van der Waals surface area contributed by atoms with Gasteiger partial charge in [0.05, 0.1) is 10.9 Å². The summed E-state index contributed by atoms with van der Waals surface area (Å²) in [7, 11) is 0. The first-order valence-corrected chi connectivity index (χ1v) is 8.40. The van der Waals surface area contributed by atoms with Crippen molar-refractivity contribution in [2.24, 2.45) is 0 Å². The van der Waals surface area contributed by atoms with Crippen LogP contribution in [0.5, 0.6) is 0 Å². The van der Waals surface area contributed by atoms with Gasteiger partial charge in [0.25, 0.3) is 5.56 Å². The van der Waals surface area contributed by atoms with Crippen molar-refractivity contribution in [3.8, 4) is 0 Å². The maximum atomic E-state index is 13.4. The fraction of sp³-hybridized carbons (Fsp3) is 0.222. The Bertz CT molecular complexity index is 907. The second-order valence-electron chi connectivity index (χ2n) is 5.28. The predicted octanol–water partition coefficient (Wildman–Crippen LogP) is 4.41. The molecule has 2 aromatic carbocycles. The van der Waals surface area contributed by atoms with Gasteiger partial charge in [-0.05, 0) is 43.7 Å². The van der Waals surface area contributed by atoms with Gasteiger partial charge in [0.15, 0.2) is 5.16 Å². The van der Waals surface area contributed by atoms with E-state index in [1.54, 1.807) is 16.7 Å². The molecule has 0 N–H and O–H groups in total. The molecule has 0 aliphatic carbocycles. The first-order chi connectivity index (χ1) is 11.1. The molecule has 118 valence electrons. The number of halogens is 1. The summed E-state index contributed by atoms with van der Waals surface area (Å²) in [5.74, 6) is -0.255. The second kappa shape index (κ2) is 6.54. The van der Waals surface area contributed by atoms with Crippen molar-refractivity contribution in [1.29, 1.82) is 0 Å². The highest BCUT2D eigenvalue weighted by Gasteiger charge is 2.15. The smallest absolute Gasteiger partial charge is 0.262 e. The minimum Gasteiger partial charge on any atom is -0.287 e. The molecule has 3 rings (SSSR count). The van der Waals surface area contributed by atoms with E-state index in [4.69, 9.17) is 0 Å². The summed E-state index contributed by atoms with van der Waals surface area (Å²) in [5.41, 5.74) is 1.53. The average molecular weight is 328 g/mol. The van der Waals surface area contributed by atoms with Crippen LogP contribution in [0.2, 0.25) is 0 Å². The largest absolute Gasteiger partial charge is 0.287 e. The molecule has 0 radical (unpaired) electrons. The summed E-state index contributed by atoms with van der Waals surface area (Å²) in [6.45, 7) is 4.46. The van der Waals surface area contributed by atoms with Gasteiger partial charge in [0.2, 0.25) is 0 Å². The number of nitrogens with zero attached hydrogens (tertiary/aromatic N) is 2. The summed E-state index contributed by atoms with van der Waals surface area (Å²) in [6, 6.07) is 13.9. The van der Waals surface area contributed by atoms with Crippen LogP contribution in [0.3, 0.4) is 0 Å². The number of aromatic nitrogens is 2. The molecule has 3 nitrogen and oxygen atoms in total. The Hall–Kier alpha value is -2.14. The predicted molar refractivity (Wildman–Crippen MR) is 92.3 cm³/mol. The Morgan fingerprint density at radius 3 is 2.74 bits per heavy atom. The second-order valence-corrected chi connectivity index (χ2v) is 6.58.